The van der Waals surface area contributed by atoms with Crippen molar-refractivity contribution in [3.05, 3.63) is 27.6 Å². The Kier molecular flexibility index (Phi) is 3.91. The summed E-state index contributed by atoms with van der Waals surface area (Å²) in [7, 11) is 0. The molecule has 0 aliphatic carbocycles. The van der Waals surface area contributed by atoms with E-state index in [1.807, 2.05) is 22.9 Å². The Bertz CT molecular complexity index is 527. The quantitative estimate of drug-likeness (QED) is 0.872. The predicted octanol–water partition coefficient (Wildman–Crippen LogP) is 3.03. The zero-order valence-electron chi connectivity index (χ0n) is 11.2. The molecule has 18 heavy (non-hydrogen) atoms. The molecule has 2 heterocycles. The van der Waals surface area contributed by atoms with E-state index in [1.165, 1.54) is 9.75 Å². The van der Waals surface area contributed by atoms with Crippen LogP contribution in [-0.4, -0.2) is 9.78 Å². The molecule has 0 aliphatic rings. The van der Waals surface area contributed by atoms with Gasteiger partial charge in [0.05, 0.1) is 17.9 Å². The maximum absolute atomic E-state index is 6.03. The highest BCUT2D eigenvalue weighted by Crippen LogP contribution is 2.24. The minimum atomic E-state index is 0.754. The number of thiophene rings is 1. The molecule has 0 spiro atoms. The van der Waals surface area contributed by atoms with Crippen LogP contribution in [0.5, 0.6) is 0 Å². The lowest BCUT2D eigenvalue weighted by molar-refractivity contribution is 0.658. The third kappa shape index (κ3) is 2.51. The average Bonchev–Trinajstić information content (AvgIpc) is 2.94. The Morgan fingerprint density at radius 3 is 2.67 bits per heavy atom. The van der Waals surface area contributed by atoms with Gasteiger partial charge in [-0.3, -0.25) is 0 Å². The molecule has 0 unspecified atom stereocenters. The molecule has 5 heteroatoms. The van der Waals surface area contributed by atoms with E-state index in [-0.39, 0.29) is 0 Å². The van der Waals surface area contributed by atoms with Gasteiger partial charge in [-0.25, -0.2) is 4.68 Å². The Labute approximate surface area is 112 Å². The second kappa shape index (κ2) is 5.44. The normalized spacial score (nSPS) is 10.8. The second-order valence-electron chi connectivity index (χ2n) is 4.24. The van der Waals surface area contributed by atoms with Crippen molar-refractivity contribution in [1.82, 2.24) is 9.78 Å². The summed E-state index contributed by atoms with van der Waals surface area (Å²) >= 11 is 1.85. The third-order valence-corrected chi connectivity index (χ3v) is 4.20. The maximum atomic E-state index is 6.03. The summed E-state index contributed by atoms with van der Waals surface area (Å²) in [6.45, 7) is 7.81. The number of aryl methyl sites for hydroxylation is 3. The van der Waals surface area contributed by atoms with Crippen LogP contribution in [0.15, 0.2) is 12.1 Å². The lowest BCUT2D eigenvalue weighted by atomic mass is 10.3. The fraction of sp³-hybridized carbons (Fsp3) is 0.462. The van der Waals surface area contributed by atoms with Gasteiger partial charge >= 0.3 is 0 Å². The first kappa shape index (κ1) is 13.0. The maximum Gasteiger partial charge on any atom is 0.148 e. The zero-order chi connectivity index (χ0) is 13.1. The largest absolute Gasteiger partial charge is 0.394 e. The van der Waals surface area contributed by atoms with Crippen LogP contribution in [0, 0.1) is 6.92 Å². The predicted molar refractivity (Wildman–Crippen MR) is 78.1 cm³/mol. The number of anilines is 2. The number of hydrogen-bond acceptors (Lipinski definition) is 4. The van der Waals surface area contributed by atoms with Gasteiger partial charge in [0, 0.05) is 16.3 Å². The van der Waals surface area contributed by atoms with Crippen molar-refractivity contribution in [3.8, 4) is 0 Å². The zero-order valence-corrected chi connectivity index (χ0v) is 12.0. The molecule has 0 fully saturated rings. The number of nitrogens with zero attached hydrogens (tertiary/aromatic N) is 2. The molecule has 0 amide bonds. The van der Waals surface area contributed by atoms with E-state index in [0.717, 1.165) is 36.7 Å². The van der Waals surface area contributed by atoms with Crippen molar-refractivity contribution in [2.75, 3.05) is 11.1 Å². The van der Waals surface area contributed by atoms with Crippen molar-refractivity contribution >= 4 is 22.8 Å². The number of nitrogens with two attached hydrogens (primary N) is 1. The van der Waals surface area contributed by atoms with Crippen molar-refractivity contribution in [3.63, 3.8) is 0 Å². The molecule has 0 bridgehead atoms. The summed E-state index contributed by atoms with van der Waals surface area (Å²) in [5, 5.41) is 7.79. The number of aromatic nitrogens is 2. The lowest BCUT2D eigenvalue weighted by Crippen LogP contribution is -2.07. The first-order valence-electron chi connectivity index (χ1n) is 6.30. The van der Waals surface area contributed by atoms with Crippen LogP contribution in [0.1, 0.15) is 29.3 Å². The summed E-state index contributed by atoms with van der Waals surface area (Å²) < 4.78 is 1.92. The minimum Gasteiger partial charge on any atom is -0.394 e. The van der Waals surface area contributed by atoms with E-state index in [1.54, 1.807) is 0 Å². The molecule has 0 radical (unpaired) electrons. The summed E-state index contributed by atoms with van der Waals surface area (Å²) in [6, 6.07) is 4.36. The van der Waals surface area contributed by atoms with Gasteiger partial charge in [-0.05, 0) is 32.4 Å². The number of hydrogen-bond donors (Lipinski definition) is 2. The molecule has 0 saturated heterocycles. The fourth-order valence-corrected chi connectivity index (χ4v) is 2.79. The van der Waals surface area contributed by atoms with Crippen molar-refractivity contribution in [2.24, 2.45) is 0 Å². The SMILES string of the molecule is CCc1ccc(CNc2c(N)c(C)nn2CC)s1. The first-order valence-corrected chi connectivity index (χ1v) is 7.11. The van der Waals surface area contributed by atoms with E-state index >= 15 is 0 Å². The summed E-state index contributed by atoms with van der Waals surface area (Å²) in [6.07, 6.45) is 1.10. The highest BCUT2D eigenvalue weighted by atomic mass is 32.1. The van der Waals surface area contributed by atoms with Gasteiger partial charge in [0.15, 0.2) is 0 Å². The minimum absolute atomic E-state index is 0.754. The van der Waals surface area contributed by atoms with Gasteiger partial charge in [0.2, 0.25) is 0 Å². The van der Waals surface area contributed by atoms with Crippen LogP contribution in [0.25, 0.3) is 0 Å². The van der Waals surface area contributed by atoms with E-state index in [2.05, 4.69) is 36.4 Å². The van der Waals surface area contributed by atoms with Crippen LogP contribution in [0.4, 0.5) is 11.5 Å². The lowest BCUT2D eigenvalue weighted by Gasteiger charge is -2.08. The standard InChI is InChI=1S/C13H20N4S/c1-4-10-6-7-11(18-10)8-15-13-12(14)9(3)16-17(13)5-2/h6-7,15H,4-5,8,14H2,1-3H3. The molecule has 3 N–H and O–H groups in total. The molecule has 2 aromatic heterocycles. The van der Waals surface area contributed by atoms with Crippen LogP contribution in [-0.2, 0) is 19.5 Å². The Morgan fingerprint density at radius 1 is 1.33 bits per heavy atom. The molecule has 0 aliphatic heterocycles. The van der Waals surface area contributed by atoms with Gasteiger partial charge in [-0.15, -0.1) is 11.3 Å². The monoisotopic (exact) mass is 264 g/mol. The number of nitrogen functional groups attached to an aromatic ring is 1. The van der Waals surface area contributed by atoms with Crippen molar-refractivity contribution in [2.45, 2.75) is 40.3 Å². The number of nitrogens with one attached hydrogen (secondary N) is 1. The van der Waals surface area contributed by atoms with E-state index < -0.39 is 0 Å². The molecule has 2 aromatic rings. The summed E-state index contributed by atoms with van der Waals surface area (Å²) in [5.41, 5.74) is 7.67. The molecule has 98 valence electrons. The van der Waals surface area contributed by atoms with E-state index in [9.17, 15) is 0 Å². The van der Waals surface area contributed by atoms with Crippen LogP contribution >= 0.6 is 11.3 Å². The molecule has 0 saturated carbocycles. The highest BCUT2D eigenvalue weighted by Gasteiger charge is 2.11. The topological polar surface area (TPSA) is 55.9 Å². The Balaban J connectivity index is 2.10. The highest BCUT2D eigenvalue weighted by molar-refractivity contribution is 7.12. The Hall–Kier alpha value is -1.49. The number of rotatable bonds is 5. The van der Waals surface area contributed by atoms with Gasteiger partial charge in [0.25, 0.3) is 0 Å². The van der Waals surface area contributed by atoms with Crippen molar-refractivity contribution in [1.29, 1.82) is 0 Å². The first-order chi connectivity index (χ1) is 8.65. The summed E-state index contributed by atoms with van der Waals surface area (Å²) in [5.74, 6) is 0.932. The third-order valence-electron chi connectivity index (χ3n) is 2.97. The van der Waals surface area contributed by atoms with Crippen LogP contribution < -0.4 is 11.1 Å². The van der Waals surface area contributed by atoms with Gasteiger partial charge in [0.1, 0.15) is 5.82 Å². The summed E-state index contributed by atoms with van der Waals surface area (Å²) in [4.78, 5) is 2.74. The van der Waals surface area contributed by atoms with E-state index in [4.69, 9.17) is 5.73 Å². The average molecular weight is 264 g/mol. The van der Waals surface area contributed by atoms with E-state index in [0.29, 0.717) is 0 Å². The van der Waals surface area contributed by atoms with Gasteiger partial charge in [-0.2, -0.15) is 5.10 Å². The van der Waals surface area contributed by atoms with Gasteiger partial charge in [-0.1, -0.05) is 6.92 Å². The molecule has 2 rings (SSSR count). The molecule has 0 aromatic carbocycles. The van der Waals surface area contributed by atoms with Crippen LogP contribution in [0.3, 0.4) is 0 Å². The molecule has 0 atom stereocenters. The smallest absolute Gasteiger partial charge is 0.148 e. The molecular formula is C13H20N4S. The Morgan fingerprint density at radius 2 is 2.06 bits per heavy atom. The van der Waals surface area contributed by atoms with Crippen molar-refractivity contribution < 1.29 is 0 Å². The molecular weight excluding hydrogens is 244 g/mol. The fourth-order valence-electron chi connectivity index (χ4n) is 1.89. The van der Waals surface area contributed by atoms with Gasteiger partial charge < -0.3 is 11.1 Å². The van der Waals surface area contributed by atoms with Crippen LogP contribution in [0.2, 0.25) is 0 Å². The second-order valence-corrected chi connectivity index (χ2v) is 5.49. The molecule has 4 nitrogen and oxygen atoms in total.